The van der Waals surface area contributed by atoms with E-state index in [0.29, 0.717) is 12.1 Å². The number of allylic oxidation sites excluding steroid dienone is 1. The third-order valence-electron chi connectivity index (χ3n) is 2.00. The third kappa shape index (κ3) is 3.96. The number of nitrogens with one attached hydrogen (secondary N) is 1. The van der Waals surface area contributed by atoms with Crippen molar-refractivity contribution in [2.45, 2.75) is 13.3 Å². The molecule has 0 fully saturated rings. The summed E-state index contributed by atoms with van der Waals surface area (Å²) in [7, 11) is 0. The second-order valence-electron chi connectivity index (χ2n) is 3.44. The molecule has 0 spiro atoms. The van der Waals surface area contributed by atoms with E-state index in [1.165, 1.54) is 0 Å². The van der Waals surface area contributed by atoms with Crippen LogP contribution in [0.4, 0.5) is 0 Å². The third-order valence-corrected chi connectivity index (χ3v) is 2.00. The van der Waals surface area contributed by atoms with Gasteiger partial charge in [0.25, 0.3) is 5.91 Å². The molecule has 1 aromatic rings. The first-order valence-corrected chi connectivity index (χ1v) is 4.91. The second-order valence-corrected chi connectivity index (χ2v) is 3.44. The average molecular weight is 217 g/mol. The highest BCUT2D eigenvalue weighted by molar-refractivity contribution is 6.37. The van der Waals surface area contributed by atoms with Crippen molar-refractivity contribution in [2.24, 2.45) is 10.8 Å². The molecule has 0 bridgehead atoms. The van der Waals surface area contributed by atoms with E-state index in [1.807, 2.05) is 30.3 Å². The number of rotatable bonds is 5. The maximum Gasteiger partial charge on any atom is 0.264 e. The molecule has 1 amide bonds. The van der Waals surface area contributed by atoms with E-state index in [2.05, 4.69) is 17.1 Å². The second kappa shape index (κ2) is 5.70. The fourth-order valence-corrected chi connectivity index (χ4v) is 1.10. The number of carbonyl (C=O) groups excluding carboxylic acids is 1. The van der Waals surface area contributed by atoms with Gasteiger partial charge in [0.05, 0.1) is 0 Å². The van der Waals surface area contributed by atoms with Crippen molar-refractivity contribution in [2.75, 3.05) is 0 Å². The molecule has 0 aliphatic rings. The van der Waals surface area contributed by atoms with Gasteiger partial charge in [-0.2, -0.15) is 5.10 Å². The minimum Gasteiger partial charge on any atom is -0.365 e. The van der Waals surface area contributed by atoms with Crippen molar-refractivity contribution in [1.29, 1.82) is 0 Å². The summed E-state index contributed by atoms with van der Waals surface area (Å²) in [5.41, 5.74) is 9.82. The van der Waals surface area contributed by atoms with Crippen LogP contribution in [-0.2, 0) is 11.2 Å². The number of nitrogens with two attached hydrogens (primary N) is 1. The zero-order valence-electron chi connectivity index (χ0n) is 9.23. The van der Waals surface area contributed by atoms with E-state index < -0.39 is 5.91 Å². The monoisotopic (exact) mass is 217 g/mol. The van der Waals surface area contributed by atoms with Crippen LogP contribution in [0.3, 0.4) is 0 Å². The zero-order valence-corrected chi connectivity index (χ0v) is 9.23. The van der Waals surface area contributed by atoms with E-state index in [9.17, 15) is 4.79 Å². The van der Waals surface area contributed by atoms with E-state index in [4.69, 9.17) is 5.73 Å². The highest BCUT2D eigenvalue weighted by atomic mass is 16.1. The maximum atomic E-state index is 10.7. The van der Waals surface area contributed by atoms with Gasteiger partial charge in [-0.15, -0.1) is 0 Å². The van der Waals surface area contributed by atoms with Crippen LogP contribution in [0.5, 0.6) is 0 Å². The van der Waals surface area contributed by atoms with Gasteiger partial charge in [-0.25, -0.2) is 0 Å². The highest BCUT2D eigenvalue weighted by Crippen LogP contribution is 2.03. The molecule has 16 heavy (non-hydrogen) atoms. The molecular formula is C12H15N3O. The van der Waals surface area contributed by atoms with E-state index >= 15 is 0 Å². The van der Waals surface area contributed by atoms with Gasteiger partial charge in [-0.05, 0) is 12.5 Å². The molecule has 0 aliphatic heterocycles. The molecular weight excluding hydrogens is 202 g/mol. The van der Waals surface area contributed by atoms with Crippen LogP contribution in [0.15, 0.2) is 47.7 Å². The van der Waals surface area contributed by atoms with E-state index in [1.54, 1.807) is 6.92 Å². The lowest BCUT2D eigenvalue weighted by atomic mass is 10.1. The molecule has 0 atom stereocenters. The van der Waals surface area contributed by atoms with Crippen LogP contribution in [-0.4, -0.2) is 11.6 Å². The lowest BCUT2D eigenvalue weighted by Crippen LogP contribution is -2.23. The predicted octanol–water partition coefficient (Wildman–Crippen LogP) is 1.19. The minimum absolute atomic E-state index is 0.231. The van der Waals surface area contributed by atoms with Crippen LogP contribution in [0.25, 0.3) is 0 Å². The van der Waals surface area contributed by atoms with Crippen LogP contribution < -0.4 is 11.2 Å². The molecule has 4 heteroatoms. The Morgan fingerprint density at radius 1 is 1.44 bits per heavy atom. The van der Waals surface area contributed by atoms with Gasteiger partial charge in [-0.3, -0.25) is 10.2 Å². The number of nitrogens with zero attached hydrogens (tertiary/aromatic N) is 1. The van der Waals surface area contributed by atoms with Crippen LogP contribution in [0.2, 0.25) is 0 Å². The number of carbonyl (C=O) groups is 1. The average Bonchev–Trinajstić information content (AvgIpc) is 2.27. The molecule has 84 valence electrons. The van der Waals surface area contributed by atoms with Crippen molar-refractivity contribution in [3.8, 4) is 0 Å². The summed E-state index contributed by atoms with van der Waals surface area (Å²) in [4.78, 5) is 10.7. The van der Waals surface area contributed by atoms with Crippen molar-refractivity contribution in [3.05, 3.63) is 48.2 Å². The largest absolute Gasteiger partial charge is 0.365 e. The first kappa shape index (κ1) is 12.0. The maximum absolute atomic E-state index is 10.7. The first-order chi connectivity index (χ1) is 7.59. The molecule has 0 unspecified atom stereocenters. The van der Waals surface area contributed by atoms with Gasteiger partial charge in [0.15, 0.2) is 0 Å². The Morgan fingerprint density at radius 2 is 2.06 bits per heavy atom. The summed E-state index contributed by atoms with van der Waals surface area (Å²) in [5.74, 6) is -0.542. The fourth-order valence-electron chi connectivity index (χ4n) is 1.10. The van der Waals surface area contributed by atoms with Gasteiger partial charge in [0.1, 0.15) is 5.71 Å². The van der Waals surface area contributed by atoms with Crippen molar-refractivity contribution >= 4 is 11.6 Å². The Labute approximate surface area is 94.8 Å². The molecule has 3 N–H and O–H groups in total. The summed E-state index contributed by atoms with van der Waals surface area (Å²) in [6, 6.07) is 9.87. The lowest BCUT2D eigenvalue weighted by Gasteiger charge is -2.05. The van der Waals surface area contributed by atoms with Crippen molar-refractivity contribution < 1.29 is 4.79 Å². The van der Waals surface area contributed by atoms with Crippen LogP contribution in [0.1, 0.15) is 12.5 Å². The number of benzene rings is 1. The SMILES string of the molecule is C=C(Cc1ccccc1)N/N=C(\C)C(N)=O. The molecule has 0 aromatic heterocycles. The summed E-state index contributed by atoms with van der Waals surface area (Å²) in [6.07, 6.45) is 0.663. The van der Waals surface area contributed by atoms with E-state index in [0.717, 1.165) is 5.56 Å². The Kier molecular flexibility index (Phi) is 4.27. The molecule has 0 saturated carbocycles. The normalized spacial score (nSPS) is 10.9. The summed E-state index contributed by atoms with van der Waals surface area (Å²) >= 11 is 0. The minimum atomic E-state index is -0.542. The lowest BCUT2D eigenvalue weighted by molar-refractivity contribution is -0.112. The molecule has 0 saturated heterocycles. The molecule has 0 radical (unpaired) electrons. The quantitative estimate of drug-likeness (QED) is 0.574. The molecule has 1 aromatic carbocycles. The Bertz CT molecular complexity index is 410. The molecule has 0 aliphatic carbocycles. The van der Waals surface area contributed by atoms with Crippen molar-refractivity contribution in [3.63, 3.8) is 0 Å². The molecule has 4 nitrogen and oxygen atoms in total. The van der Waals surface area contributed by atoms with Gasteiger partial charge >= 0.3 is 0 Å². The van der Waals surface area contributed by atoms with Gasteiger partial charge in [0.2, 0.25) is 0 Å². The predicted molar refractivity (Wildman–Crippen MR) is 64.7 cm³/mol. The molecule has 0 heterocycles. The number of hydrogen-bond acceptors (Lipinski definition) is 3. The van der Waals surface area contributed by atoms with Gasteiger partial charge in [0, 0.05) is 12.1 Å². The van der Waals surface area contributed by atoms with Crippen molar-refractivity contribution in [1.82, 2.24) is 5.43 Å². The van der Waals surface area contributed by atoms with Gasteiger partial charge in [-0.1, -0.05) is 36.9 Å². The Balaban J connectivity index is 2.49. The summed E-state index contributed by atoms with van der Waals surface area (Å²) in [6.45, 7) is 5.36. The highest BCUT2D eigenvalue weighted by Gasteiger charge is 1.99. The van der Waals surface area contributed by atoms with E-state index in [-0.39, 0.29) is 5.71 Å². The number of primary amides is 1. The van der Waals surface area contributed by atoms with Gasteiger partial charge < -0.3 is 5.73 Å². The Morgan fingerprint density at radius 3 is 2.62 bits per heavy atom. The number of hydrogen-bond donors (Lipinski definition) is 2. The van der Waals surface area contributed by atoms with Crippen LogP contribution >= 0.6 is 0 Å². The smallest absolute Gasteiger partial charge is 0.264 e. The summed E-state index contributed by atoms with van der Waals surface area (Å²) < 4.78 is 0. The fraction of sp³-hybridized carbons (Fsp3) is 0.167. The molecule has 1 rings (SSSR count). The standard InChI is InChI=1S/C12H15N3O/c1-9(14-15-10(2)12(13)16)8-11-6-4-3-5-7-11/h3-7,14H,1,8H2,2H3,(H2,13,16)/b15-10+. The Hall–Kier alpha value is -2.10. The summed E-state index contributed by atoms with van der Waals surface area (Å²) in [5, 5.41) is 3.81. The van der Waals surface area contributed by atoms with Crippen LogP contribution in [0, 0.1) is 0 Å². The topological polar surface area (TPSA) is 67.5 Å². The first-order valence-electron chi connectivity index (χ1n) is 4.91. The zero-order chi connectivity index (χ0) is 12.0. The number of hydrazone groups is 1. The number of amides is 1.